The molecule has 1 aromatic heterocycles. The van der Waals surface area contributed by atoms with E-state index in [9.17, 15) is 4.79 Å². The third-order valence-electron chi connectivity index (χ3n) is 4.57. The summed E-state index contributed by atoms with van der Waals surface area (Å²) in [6.07, 6.45) is 3.55. The first-order chi connectivity index (χ1) is 12.9. The molecule has 8 nitrogen and oxygen atoms in total. The molecule has 0 aromatic carbocycles. The van der Waals surface area contributed by atoms with E-state index in [4.69, 9.17) is 9.47 Å². The maximum atomic E-state index is 12.8. The Morgan fingerprint density at radius 1 is 1.34 bits per heavy atom. The van der Waals surface area contributed by atoms with Crippen LogP contribution < -0.4 is 10.6 Å². The predicted molar refractivity (Wildman–Crippen MR) is 126 cm³/mol. The van der Waals surface area contributed by atoms with Crippen molar-refractivity contribution in [2.45, 2.75) is 71.6 Å². The molecule has 1 saturated heterocycles. The fourth-order valence-corrected chi connectivity index (χ4v) is 3.40. The van der Waals surface area contributed by atoms with Crippen LogP contribution in [0.3, 0.4) is 0 Å². The Labute approximate surface area is 191 Å². The number of aryl methyl sites for hydroxylation is 1. The Kier molecular flexibility index (Phi) is 8.82. The van der Waals surface area contributed by atoms with Crippen LogP contribution in [0.25, 0.3) is 0 Å². The number of ether oxygens (including phenoxy) is 2. The molecule has 29 heavy (non-hydrogen) atoms. The minimum atomic E-state index is -0.741. The van der Waals surface area contributed by atoms with Gasteiger partial charge in [0.05, 0.1) is 12.1 Å². The van der Waals surface area contributed by atoms with Gasteiger partial charge in [0.25, 0.3) is 0 Å². The summed E-state index contributed by atoms with van der Waals surface area (Å²) in [6.45, 7) is 12.5. The van der Waals surface area contributed by atoms with Gasteiger partial charge in [0.1, 0.15) is 11.3 Å². The number of guanidine groups is 1. The number of hydrogen-bond donors (Lipinski definition) is 2. The Morgan fingerprint density at radius 3 is 2.52 bits per heavy atom. The summed E-state index contributed by atoms with van der Waals surface area (Å²) in [5, 5.41) is 6.60. The van der Waals surface area contributed by atoms with E-state index in [0.717, 1.165) is 0 Å². The van der Waals surface area contributed by atoms with E-state index in [1.807, 2.05) is 59.4 Å². The molecule has 166 valence electrons. The van der Waals surface area contributed by atoms with Crippen molar-refractivity contribution in [1.82, 2.24) is 20.1 Å². The standard InChI is InChI=1S/C20H35N5O3.HI/c1-14-16(25(20(5,6)27-14)18(26)28-19(2,3)4)12-23-17(21-7)22-11-15-9-10-24(8)13-15;/h9-10,13-14,16H,11-12H2,1-8H3,(H2,21,22,23);1H. The maximum absolute atomic E-state index is 12.8. The molecule has 0 aliphatic carbocycles. The summed E-state index contributed by atoms with van der Waals surface area (Å²) in [6, 6.07) is 1.88. The second-order valence-electron chi connectivity index (χ2n) is 8.68. The molecular formula is C20H36IN5O3. The van der Waals surface area contributed by atoms with E-state index < -0.39 is 11.3 Å². The minimum Gasteiger partial charge on any atom is -0.444 e. The van der Waals surface area contributed by atoms with E-state index in [-0.39, 0.29) is 42.2 Å². The predicted octanol–water partition coefficient (Wildman–Crippen LogP) is 3.07. The highest BCUT2D eigenvalue weighted by molar-refractivity contribution is 14.0. The number of carbonyl (C=O) groups is 1. The van der Waals surface area contributed by atoms with Crippen LogP contribution in [0.4, 0.5) is 4.79 Å². The highest BCUT2D eigenvalue weighted by Crippen LogP contribution is 2.33. The number of carbonyl (C=O) groups excluding carboxylic acids is 1. The molecule has 0 bridgehead atoms. The largest absolute Gasteiger partial charge is 0.444 e. The molecular weight excluding hydrogens is 485 g/mol. The Morgan fingerprint density at radius 2 is 2.00 bits per heavy atom. The molecule has 1 aliphatic heterocycles. The van der Waals surface area contributed by atoms with Crippen molar-refractivity contribution in [1.29, 1.82) is 0 Å². The maximum Gasteiger partial charge on any atom is 0.412 e. The van der Waals surface area contributed by atoms with Gasteiger partial charge in [-0.2, -0.15) is 0 Å². The number of aliphatic imine (C=N–C) groups is 1. The van der Waals surface area contributed by atoms with E-state index in [1.54, 1.807) is 11.9 Å². The summed E-state index contributed by atoms with van der Waals surface area (Å²) < 4.78 is 13.6. The molecule has 2 heterocycles. The number of hydrogen-bond acceptors (Lipinski definition) is 4. The zero-order chi connectivity index (χ0) is 21.1. The van der Waals surface area contributed by atoms with Gasteiger partial charge in [0.15, 0.2) is 5.96 Å². The molecule has 2 N–H and O–H groups in total. The molecule has 0 saturated carbocycles. The number of rotatable bonds is 4. The van der Waals surface area contributed by atoms with Crippen molar-refractivity contribution in [2.75, 3.05) is 13.6 Å². The lowest BCUT2D eigenvalue weighted by atomic mass is 10.1. The molecule has 0 radical (unpaired) electrons. The summed E-state index contributed by atoms with van der Waals surface area (Å²) in [4.78, 5) is 18.8. The highest BCUT2D eigenvalue weighted by atomic mass is 127. The number of halogens is 1. The van der Waals surface area contributed by atoms with Gasteiger partial charge in [-0.15, -0.1) is 24.0 Å². The van der Waals surface area contributed by atoms with Gasteiger partial charge in [-0.1, -0.05) is 0 Å². The monoisotopic (exact) mass is 521 g/mol. The van der Waals surface area contributed by atoms with Crippen LogP contribution in [0.5, 0.6) is 0 Å². The summed E-state index contributed by atoms with van der Waals surface area (Å²) in [7, 11) is 3.72. The van der Waals surface area contributed by atoms with Crippen molar-refractivity contribution >= 4 is 36.0 Å². The quantitative estimate of drug-likeness (QED) is 0.362. The molecule has 1 fully saturated rings. The molecule has 9 heteroatoms. The number of nitrogens with one attached hydrogen (secondary N) is 2. The molecule has 2 unspecified atom stereocenters. The number of amides is 1. The van der Waals surface area contributed by atoms with Gasteiger partial charge < -0.3 is 24.7 Å². The first-order valence-corrected chi connectivity index (χ1v) is 9.68. The average Bonchev–Trinajstić information content (AvgIpc) is 3.05. The summed E-state index contributed by atoms with van der Waals surface area (Å²) in [5.74, 6) is 0.671. The molecule has 1 amide bonds. The van der Waals surface area contributed by atoms with Gasteiger partial charge in [-0.05, 0) is 53.2 Å². The number of aromatic nitrogens is 1. The third kappa shape index (κ3) is 7.06. The van der Waals surface area contributed by atoms with Crippen molar-refractivity contribution in [3.05, 3.63) is 24.0 Å². The molecule has 2 atom stereocenters. The van der Waals surface area contributed by atoms with Crippen LogP contribution in [0.1, 0.15) is 47.1 Å². The Hall–Kier alpha value is -1.49. The van der Waals surface area contributed by atoms with Crippen LogP contribution >= 0.6 is 24.0 Å². The van der Waals surface area contributed by atoms with Gasteiger partial charge in [0, 0.05) is 39.6 Å². The van der Waals surface area contributed by atoms with E-state index in [0.29, 0.717) is 19.0 Å². The van der Waals surface area contributed by atoms with Crippen LogP contribution in [0.2, 0.25) is 0 Å². The van der Waals surface area contributed by atoms with Crippen molar-refractivity contribution in [2.24, 2.45) is 12.0 Å². The molecule has 1 aliphatic rings. The molecule has 0 spiro atoms. The average molecular weight is 521 g/mol. The lowest BCUT2D eigenvalue weighted by Gasteiger charge is -2.35. The fraction of sp³-hybridized carbons (Fsp3) is 0.700. The first-order valence-electron chi connectivity index (χ1n) is 9.68. The SMILES string of the molecule is CN=C(NCc1ccn(C)c1)NCC1C(C)OC(C)(C)N1C(=O)OC(C)(C)C.I. The lowest BCUT2D eigenvalue weighted by molar-refractivity contribution is -0.0755. The Bertz CT molecular complexity index is 711. The lowest BCUT2D eigenvalue weighted by Crippen LogP contribution is -2.54. The Balaban J connectivity index is 0.00000420. The summed E-state index contributed by atoms with van der Waals surface area (Å²) >= 11 is 0. The van der Waals surface area contributed by atoms with Crippen LogP contribution in [0.15, 0.2) is 23.5 Å². The third-order valence-corrected chi connectivity index (χ3v) is 4.57. The van der Waals surface area contributed by atoms with Crippen molar-refractivity contribution in [3.8, 4) is 0 Å². The second-order valence-corrected chi connectivity index (χ2v) is 8.68. The number of nitrogens with zero attached hydrogens (tertiary/aromatic N) is 3. The zero-order valence-electron chi connectivity index (χ0n) is 18.8. The summed E-state index contributed by atoms with van der Waals surface area (Å²) in [5.41, 5.74) is -0.140. The van der Waals surface area contributed by atoms with E-state index in [1.165, 1.54) is 5.56 Å². The topological polar surface area (TPSA) is 80.1 Å². The highest BCUT2D eigenvalue weighted by Gasteiger charge is 2.49. The normalized spacial score (nSPS) is 21.5. The van der Waals surface area contributed by atoms with Crippen LogP contribution in [-0.2, 0) is 23.1 Å². The smallest absolute Gasteiger partial charge is 0.412 e. The second kappa shape index (κ2) is 10.0. The van der Waals surface area contributed by atoms with Crippen molar-refractivity contribution in [3.63, 3.8) is 0 Å². The zero-order valence-corrected chi connectivity index (χ0v) is 21.1. The van der Waals surface area contributed by atoms with Crippen LogP contribution in [0, 0.1) is 0 Å². The van der Waals surface area contributed by atoms with Gasteiger partial charge in [0.2, 0.25) is 0 Å². The minimum absolute atomic E-state index is 0. The van der Waals surface area contributed by atoms with Gasteiger partial charge >= 0.3 is 6.09 Å². The van der Waals surface area contributed by atoms with Gasteiger partial charge in [-0.25, -0.2) is 4.79 Å². The van der Waals surface area contributed by atoms with Crippen LogP contribution in [-0.4, -0.2) is 58.6 Å². The molecule has 2 rings (SSSR count). The van der Waals surface area contributed by atoms with E-state index >= 15 is 0 Å². The molecule has 1 aromatic rings. The van der Waals surface area contributed by atoms with E-state index in [2.05, 4.69) is 27.9 Å². The van der Waals surface area contributed by atoms with Gasteiger partial charge in [-0.3, -0.25) is 9.89 Å². The van der Waals surface area contributed by atoms with Crippen molar-refractivity contribution < 1.29 is 14.3 Å². The fourth-order valence-electron chi connectivity index (χ4n) is 3.40. The first kappa shape index (κ1) is 25.5.